The predicted octanol–water partition coefficient (Wildman–Crippen LogP) is 1.95. The number of carboxylic acids is 1. The molecule has 5 nitrogen and oxygen atoms in total. The van der Waals surface area contributed by atoms with E-state index in [2.05, 4.69) is 16.7 Å². The zero-order valence-electron chi connectivity index (χ0n) is 12.1. The number of rotatable bonds is 6. The van der Waals surface area contributed by atoms with E-state index < -0.39 is 18.0 Å². The van der Waals surface area contributed by atoms with Gasteiger partial charge in [0.1, 0.15) is 6.04 Å². The Morgan fingerprint density at radius 1 is 1.30 bits per heavy atom. The van der Waals surface area contributed by atoms with E-state index in [-0.39, 0.29) is 5.92 Å². The normalized spacial score (nSPS) is 12.0. The molecular formula is C15H22N2O3. The number of benzene rings is 1. The van der Waals surface area contributed by atoms with Crippen LogP contribution >= 0.6 is 0 Å². The topological polar surface area (TPSA) is 78.4 Å². The van der Waals surface area contributed by atoms with E-state index in [4.69, 9.17) is 5.11 Å². The average molecular weight is 278 g/mol. The van der Waals surface area contributed by atoms with Gasteiger partial charge in [0.25, 0.3) is 0 Å². The second-order valence-corrected chi connectivity index (χ2v) is 5.20. The number of carbonyl (C=O) groups is 2. The first-order valence-electron chi connectivity index (χ1n) is 6.73. The molecule has 5 heteroatoms. The summed E-state index contributed by atoms with van der Waals surface area (Å²) in [5.74, 6) is -1.18. The Bertz CT molecular complexity index is 472. The molecule has 0 saturated heterocycles. The third-order valence-electron chi connectivity index (χ3n) is 3.00. The SMILES string of the molecule is Cc1cccc(CCNC(=O)N[C@H](C(=O)O)C(C)C)c1. The zero-order valence-corrected chi connectivity index (χ0v) is 12.1. The number of aryl methyl sites for hydroxylation is 1. The number of hydrogen-bond donors (Lipinski definition) is 3. The first kappa shape index (κ1) is 16.0. The fraction of sp³-hybridized carbons (Fsp3) is 0.467. The van der Waals surface area contributed by atoms with E-state index in [0.717, 1.165) is 5.56 Å². The third-order valence-corrected chi connectivity index (χ3v) is 3.00. The van der Waals surface area contributed by atoms with Crippen molar-refractivity contribution in [3.63, 3.8) is 0 Å². The monoisotopic (exact) mass is 278 g/mol. The molecule has 1 rings (SSSR count). The lowest BCUT2D eigenvalue weighted by atomic mass is 10.1. The molecule has 0 radical (unpaired) electrons. The van der Waals surface area contributed by atoms with Crippen molar-refractivity contribution in [3.05, 3.63) is 35.4 Å². The second kappa shape index (κ2) is 7.53. The molecule has 0 aliphatic rings. The lowest BCUT2D eigenvalue weighted by Gasteiger charge is -2.18. The van der Waals surface area contributed by atoms with Crippen LogP contribution in [-0.2, 0) is 11.2 Å². The van der Waals surface area contributed by atoms with Crippen molar-refractivity contribution < 1.29 is 14.7 Å². The van der Waals surface area contributed by atoms with Crippen molar-refractivity contribution in [2.45, 2.75) is 33.2 Å². The molecule has 1 atom stereocenters. The van der Waals surface area contributed by atoms with Gasteiger partial charge in [-0.2, -0.15) is 0 Å². The van der Waals surface area contributed by atoms with Gasteiger partial charge < -0.3 is 15.7 Å². The molecule has 0 aliphatic heterocycles. The van der Waals surface area contributed by atoms with E-state index in [1.165, 1.54) is 5.56 Å². The number of urea groups is 1. The molecular weight excluding hydrogens is 256 g/mol. The summed E-state index contributed by atoms with van der Waals surface area (Å²) in [5, 5.41) is 14.1. The molecule has 0 bridgehead atoms. The minimum absolute atomic E-state index is 0.157. The molecule has 3 N–H and O–H groups in total. The third kappa shape index (κ3) is 5.30. The maximum absolute atomic E-state index is 11.6. The molecule has 0 saturated carbocycles. The molecule has 1 aromatic rings. The summed E-state index contributed by atoms with van der Waals surface area (Å²) in [6.45, 7) is 6.00. The summed E-state index contributed by atoms with van der Waals surface area (Å²) in [6, 6.07) is 6.75. The van der Waals surface area contributed by atoms with Gasteiger partial charge in [-0.15, -0.1) is 0 Å². The standard InChI is InChI=1S/C15H22N2O3/c1-10(2)13(14(18)19)17-15(20)16-8-7-12-6-4-5-11(3)9-12/h4-6,9-10,13H,7-8H2,1-3H3,(H,18,19)(H2,16,17,20)/t13-/m0/s1. The number of amides is 2. The van der Waals surface area contributed by atoms with Gasteiger partial charge in [0.15, 0.2) is 0 Å². The van der Waals surface area contributed by atoms with E-state index in [1.54, 1.807) is 13.8 Å². The number of hydrogen-bond acceptors (Lipinski definition) is 2. The van der Waals surface area contributed by atoms with Gasteiger partial charge in [-0.3, -0.25) is 0 Å². The highest BCUT2D eigenvalue weighted by molar-refractivity contribution is 5.82. The van der Waals surface area contributed by atoms with Crippen LogP contribution in [0.5, 0.6) is 0 Å². The maximum Gasteiger partial charge on any atom is 0.326 e. The van der Waals surface area contributed by atoms with E-state index >= 15 is 0 Å². The Balaban J connectivity index is 2.38. The van der Waals surface area contributed by atoms with Gasteiger partial charge >= 0.3 is 12.0 Å². The summed E-state index contributed by atoms with van der Waals surface area (Å²) in [5.41, 5.74) is 2.32. The number of nitrogens with one attached hydrogen (secondary N) is 2. The Morgan fingerprint density at radius 2 is 2.00 bits per heavy atom. The largest absolute Gasteiger partial charge is 0.480 e. The summed E-state index contributed by atoms with van der Waals surface area (Å²) in [4.78, 5) is 22.6. The highest BCUT2D eigenvalue weighted by atomic mass is 16.4. The Labute approximate surface area is 119 Å². The Kier molecular flexibility index (Phi) is 6.03. The van der Waals surface area contributed by atoms with Crippen LogP contribution in [0, 0.1) is 12.8 Å². The number of aliphatic carboxylic acids is 1. The molecule has 0 heterocycles. The van der Waals surface area contributed by atoms with Gasteiger partial charge in [0.05, 0.1) is 0 Å². The van der Waals surface area contributed by atoms with Crippen LogP contribution in [0.4, 0.5) is 4.79 Å². The smallest absolute Gasteiger partial charge is 0.326 e. The van der Waals surface area contributed by atoms with Crippen LogP contribution in [0.25, 0.3) is 0 Å². The summed E-state index contributed by atoms with van der Waals surface area (Å²) >= 11 is 0. The lowest BCUT2D eigenvalue weighted by Crippen LogP contribution is -2.48. The molecule has 1 aromatic carbocycles. The molecule has 110 valence electrons. The van der Waals surface area contributed by atoms with Crippen molar-refractivity contribution in [1.29, 1.82) is 0 Å². The zero-order chi connectivity index (χ0) is 15.1. The summed E-state index contributed by atoms with van der Waals surface area (Å²) in [6.07, 6.45) is 0.717. The summed E-state index contributed by atoms with van der Waals surface area (Å²) < 4.78 is 0. The quantitative estimate of drug-likeness (QED) is 0.744. The van der Waals surface area contributed by atoms with Gasteiger partial charge in [-0.05, 0) is 24.8 Å². The number of carbonyl (C=O) groups excluding carboxylic acids is 1. The van der Waals surface area contributed by atoms with Crippen LogP contribution in [0.1, 0.15) is 25.0 Å². The lowest BCUT2D eigenvalue weighted by molar-refractivity contribution is -0.140. The van der Waals surface area contributed by atoms with Crippen molar-refractivity contribution in [3.8, 4) is 0 Å². The fourth-order valence-electron chi connectivity index (χ4n) is 1.89. The fourth-order valence-corrected chi connectivity index (χ4v) is 1.89. The minimum atomic E-state index is -1.02. The molecule has 0 spiro atoms. The molecule has 20 heavy (non-hydrogen) atoms. The van der Waals surface area contributed by atoms with Crippen molar-refractivity contribution in [2.24, 2.45) is 5.92 Å². The van der Waals surface area contributed by atoms with Crippen LogP contribution in [-0.4, -0.2) is 29.7 Å². The minimum Gasteiger partial charge on any atom is -0.480 e. The van der Waals surface area contributed by atoms with E-state index in [9.17, 15) is 9.59 Å². The number of carboxylic acid groups (broad SMARTS) is 1. The molecule has 0 aliphatic carbocycles. The second-order valence-electron chi connectivity index (χ2n) is 5.20. The van der Waals surface area contributed by atoms with Crippen LogP contribution in [0.2, 0.25) is 0 Å². The molecule has 0 fully saturated rings. The van der Waals surface area contributed by atoms with Crippen molar-refractivity contribution >= 4 is 12.0 Å². The molecule has 2 amide bonds. The summed E-state index contributed by atoms with van der Waals surface area (Å²) in [7, 11) is 0. The first-order valence-corrected chi connectivity index (χ1v) is 6.73. The highest BCUT2D eigenvalue weighted by Crippen LogP contribution is 2.04. The predicted molar refractivity (Wildman–Crippen MR) is 77.7 cm³/mol. The van der Waals surface area contributed by atoms with Gasteiger partial charge in [0, 0.05) is 6.54 Å². The average Bonchev–Trinajstić information content (AvgIpc) is 2.35. The highest BCUT2D eigenvalue weighted by Gasteiger charge is 2.22. The molecule has 0 unspecified atom stereocenters. The Hall–Kier alpha value is -2.04. The van der Waals surface area contributed by atoms with Crippen LogP contribution < -0.4 is 10.6 Å². The van der Waals surface area contributed by atoms with Gasteiger partial charge in [-0.25, -0.2) is 9.59 Å². The van der Waals surface area contributed by atoms with Crippen molar-refractivity contribution in [1.82, 2.24) is 10.6 Å². The van der Waals surface area contributed by atoms with Crippen LogP contribution in [0.3, 0.4) is 0 Å². The molecule has 0 aromatic heterocycles. The maximum atomic E-state index is 11.6. The first-order chi connectivity index (χ1) is 9.40. The van der Waals surface area contributed by atoms with E-state index in [0.29, 0.717) is 13.0 Å². The Morgan fingerprint density at radius 3 is 2.55 bits per heavy atom. The van der Waals surface area contributed by atoms with Gasteiger partial charge in [-0.1, -0.05) is 43.7 Å². The van der Waals surface area contributed by atoms with E-state index in [1.807, 2.05) is 25.1 Å². The van der Waals surface area contributed by atoms with Gasteiger partial charge in [0.2, 0.25) is 0 Å². The van der Waals surface area contributed by atoms with Crippen molar-refractivity contribution in [2.75, 3.05) is 6.54 Å². The van der Waals surface area contributed by atoms with Crippen LogP contribution in [0.15, 0.2) is 24.3 Å².